The van der Waals surface area contributed by atoms with Gasteiger partial charge in [0, 0.05) is 17.4 Å². The Morgan fingerprint density at radius 1 is 1.14 bits per heavy atom. The molecule has 0 aliphatic carbocycles. The molecule has 0 radical (unpaired) electrons. The molecule has 1 N–H and O–H groups in total. The molecular formula is C24H31ClO3. The monoisotopic (exact) mass is 402 g/mol. The average molecular weight is 403 g/mol. The SMILES string of the molecule is CCC[C@H]1O[C@@H](c2ccc(Cl)c(Cc3ccc(OCC)cc3)c2)C[C@@H](O)[C@@H]1C. The molecule has 152 valence electrons. The number of benzene rings is 2. The molecule has 3 rings (SSSR count). The summed E-state index contributed by atoms with van der Waals surface area (Å²) in [5.74, 6) is 1.05. The smallest absolute Gasteiger partial charge is 0.119 e. The third-order valence-corrected chi connectivity index (χ3v) is 6.00. The molecule has 1 fully saturated rings. The number of halogens is 1. The van der Waals surface area contributed by atoms with E-state index in [0.717, 1.165) is 41.2 Å². The van der Waals surface area contributed by atoms with Gasteiger partial charge in [0.05, 0.1) is 24.9 Å². The van der Waals surface area contributed by atoms with Gasteiger partial charge in [-0.1, -0.05) is 56.1 Å². The Balaban J connectivity index is 1.77. The second-order valence-corrected chi connectivity index (χ2v) is 8.13. The van der Waals surface area contributed by atoms with Crippen molar-refractivity contribution < 1.29 is 14.6 Å². The van der Waals surface area contributed by atoms with Crippen LogP contribution in [0.4, 0.5) is 0 Å². The van der Waals surface area contributed by atoms with Gasteiger partial charge in [-0.05, 0) is 54.7 Å². The normalized spacial score (nSPS) is 24.9. The Labute approximate surface area is 173 Å². The molecule has 0 unspecified atom stereocenters. The van der Waals surface area contributed by atoms with Crippen molar-refractivity contribution in [3.8, 4) is 5.75 Å². The highest BCUT2D eigenvalue weighted by Gasteiger charge is 2.35. The van der Waals surface area contributed by atoms with Crippen LogP contribution in [0.2, 0.25) is 5.02 Å². The fourth-order valence-corrected chi connectivity index (χ4v) is 4.11. The molecule has 1 heterocycles. The fourth-order valence-electron chi connectivity index (χ4n) is 3.92. The van der Waals surface area contributed by atoms with Gasteiger partial charge in [-0.15, -0.1) is 0 Å². The van der Waals surface area contributed by atoms with Crippen LogP contribution in [0, 0.1) is 5.92 Å². The van der Waals surface area contributed by atoms with Gasteiger partial charge in [-0.3, -0.25) is 0 Å². The number of hydrogen-bond donors (Lipinski definition) is 1. The molecule has 28 heavy (non-hydrogen) atoms. The number of aliphatic hydroxyl groups excluding tert-OH is 1. The molecule has 1 aliphatic heterocycles. The Hall–Kier alpha value is -1.55. The first-order chi connectivity index (χ1) is 13.5. The van der Waals surface area contributed by atoms with Crippen molar-refractivity contribution in [1.29, 1.82) is 0 Å². The maximum atomic E-state index is 10.5. The summed E-state index contributed by atoms with van der Waals surface area (Å²) in [6.45, 7) is 6.89. The standard InChI is InChI=1S/C24H31ClO3/c1-4-6-23-16(3)22(26)15-24(28-23)18-9-12-21(25)19(14-18)13-17-7-10-20(11-8-17)27-5-2/h7-12,14,16,22-24,26H,4-6,13,15H2,1-3H3/t16-,22+,23+,24+/m0/s1. The van der Waals surface area contributed by atoms with Gasteiger partial charge in [0.25, 0.3) is 0 Å². The van der Waals surface area contributed by atoms with Crippen molar-refractivity contribution >= 4 is 11.6 Å². The topological polar surface area (TPSA) is 38.7 Å². The summed E-state index contributed by atoms with van der Waals surface area (Å²) in [6.07, 6.45) is 3.09. The van der Waals surface area contributed by atoms with Crippen LogP contribution in [0.25, 0.3) is 0 Å². The molecule has 4 atom stereocenters. The van der Waals surface area contributed by atoms with Crippen molar-refractivity contribution in [1.82, 2.24) is 0 Å². The van der Waals surface area contributed by atoms with Crippen molar-refractivity contribution in [3.05, 3.63) is 64.2 Å². The second-order valence-electron chi connectivity index (χ2n) is 7.72. The largest absolute Gasteiger partial charge is 0.494 e. The summed E-state index contributed by atoms with van der Waals surface area (Å²) >= 11 is 6.48. The van der Waals surface area contributed by atoms with E-state index in [9.17, 15) is 5.11 Å². The third kappa shape index (κ3) is 5.08. The van der Waals surface area contributed by atoms with Crippen LogP contribution < -0.4 is 4.74 Å². The number of aliphatic hydroxyl groups is 1. The number of rotatable bonds is 7. The summed E-state index contributed by atoms with van der Waals surface area (Å²) in [4.78, 5) is 0. The minimum absolute atomic E-state index is 0.0842. The van der Waals surface area contributed by atoms with Crippen LogP contribution in [0.15, 0.2) is 42.5 Å². The highest BCUT2D eigenvalue weighted by atomic mass is 35.5. The first kappa shape index (κ1) is 21.2. The van der Waals surface area contributed by atoms with Gasteiger partial charge >= 0.3 is 0 Å². The molecule has 1 saturated heterocycles. The molecular weight excluding hydrogens is 372 g/mol. The van der Waals surface area contributed by atoms with E-state index < -0.39 is 0 Å². The first-order valence-electron chi connectivity index (χ1n) is 10.3. The summed E-state index contributed by atoms with van der Waals surface area (Å²) in [7, 11) is 0. The van der Waals surface area contributed by atoms with E-state index in [4.69, 9.17) is 21.1 Å². The van der Waals surface area contributed by atoms with Crippen molar-refractivity contribution in [2.24, 2.45) is 5.92 Å². The van der Waals surface area contributed by atoms with Gasteiger partial charge < -0.3 is 14.6 Å². The van der Waals surface area contributed by atoms with Gasteiger partial charge in [0.15, 0.2) is 0 Å². The maximum Gasteiger partial charge on any atom is 0.119 e. The predicted molar refractivity (Wildman–Crippen MR) is 114 cm³/mol. The predicted octanol–water partition coefficient (Wildman–Crippen LogP) is 5.96. The van der Waals surface area contributed by atoms with Crippen LogP contribution in [0.3, 0.4) is 0 Å². The summed E-state index contributed by atoms with van der Waals surface area (Å²) < 4.78 is 11.9. The minimum atomic E-state index is -0.333. The van der Waals surface area contributed by atoms with Crippen LogP contribution in [-0.2, 0) is 11.2 Å². The average Bonchev–Trinajstić information content (AvgIpc) is 2.69. The lowest BCUT2D eigenvalue weighted by Gasteiger charge is -2.38. The fraction of sp³-hybridized carbons (Fsp3) is 0.500. The zero-order valence-electron chi connectivity index (χ0n) is 17.0. The molecule has 0 spiro atoms. The van der Waals surface area contributed by atoms with E-state index in [1.807, 2.05) is 31.2 Å². The van der Waals surface area contributed by atoms with Crippen molar-refractivity contribution in [3.63, 3.8) is 0 Å². The lowest BCUT2D eigenvalue weighted by molar-refractivity contribution is -0.135. The molecule has 0 aromatic heterocycles. The van der Waals surface area contributed by atoms with Gasteiger partial charge in [-0.25, -0.2) is 0 Å². The molecule has 0 saturated carbocycles. The molecule has 0 bridgehead atoms. The van der Waals surface area contributed by atoms with E-state index in [0.29, 0.717) is 13.0 Å². The quantitative estimate of drug-likeness (QED) is 0.621. The van der Waals surface area contributed by atoms with Crippen molar-refractivity contribution in [2.45, 2.75) is 64.8 Å². The van der Waals surface area contributed by atoms with E-state index >= 15 is 0 Å². The Bertz CT molecular complexity index is 759. The summed E-state index contributed by atoms with van der Waals surface area (Å²) in [6, 6.07) is 14.3. The summed E-state index contributed by atoms with van der Waals surface area (Å²) in [5, 5.41) is 11.3. The Morgan fingerprint density at radius 2 is 1.89 bits per heavy atom. The molecule has 2 aromatic carbocycles. The highest BCUT2D eigenvalue weighted by molar-refractivity contribution is 6.31. The maximum absolute atomic E-state index is 10.5. The Kier molecular flexibility index (Phi) is 7.39. The van der Waals surface area contributed by atoms with Gasteiger partial charge in [0.2, 0.25) is 0 Å². The van der Waals surface area contributed by atoms with Crippen LogP contribution in [0.5, 0.6) is 5.75 Å². The molecule has 0 amide bonds. The first-order valence-corrected chi connectivity index (χ1v) is 10.7. The molecule has 1 aliphatic rings. The second kappa shape index (κ2) is 9.78. The molecule has 2 aromatic rings. The van der Waals surface area contributed by atoms with Gasteiger partial charge in [-0.2, -0.15) is 0 Å². The van der Waals surface area contributed by atoms with E-state index in [1.54, 1.807) is 0 Å². The van der Waals surface area contributed by atoms with E-state index in [-0.39, 0.29) is 24.2 Å². The zero-order valence-corrected chi connectivity index (χ0v) is 17.8. The minimum Gasteiger partial charge on any atom is -0.494 e. The third-order valence-electron chi connectivity index (χ3n) is 5.63. The van der Waals surface area contributed by atoms with E-state index in [2.05, 4.69) is 32.0 Å². The van der Waals surface area contributed by atoms with Crippen LogP contribution in [0.1, 0.15) is 62.8 Å². The number of hydrogen-bond acceptors (Lipinski definition) is 3. The lowest BCUT2D eigenvalue weighted by Crippen LogP contribution is -2.39. The van der Waals surface area contributed by atoms with E-state index in [1.165, 1.54) is 5.56 Å². The molecule has 4 heteroatoms. The van der Waals surface area contributed by atoms with Crippen LogP contribution in [-0.4, -0.2) is 23.9 Å². The Morgan fingerprint density at radius 3 is 2.57 bits per heavy atom. The number of ether oxygens (including phenoxy) is 2. The van der Waals surface area contributed by atoms with Gasteiger partial charge in [0.1, 0.15) is 5.75 Å². The summed E-state index contributed by atoms with van der Waals surface area (Å²) in [5.41, 5.74) is 3.36. The zero-order chi connectivity index (χ0) is 20.1. The molecule has 3 nitrogen and oxygen atoms in total. The van der Waals surface area contributed by atoms with Crippen LogP contribution >= 0.6 is 11.6 Å². The highest BCUT2D eigenvalue weighted by Crippen LogP contribution is 2.37. The lowest BCUT2D eigenvalue weighted by atomic mass is 9.86. The van der Waals surface area contributed by atoms with Crippen molar-refractivity contribution in [2.75, 3.05) is 6.61 Å².